The van der Waals surface area contributed by atoms with Gasteiger partial charge in [-0.15, -0.1) is 0 Å². The largest absolute Gasteiger partial charge is 0.340 e. The number of nitrogens with one attached hydrogen (secondary N) is 1. The number of aryl methyl sites for hydroxylation is 2. The van der Waals surface area contributed by atoms with Crippen LogP contribution < -0.4 is 5.32 Å². The minimum absolute atomic E-state index is 0.00400. The normalized spacial score (nSPS) is 15.3. The van der Waals surface area contributed by atoms with Crippen molar-refractivity contribution in [2.45, 2.75) is 53.4 Å². The second kappa shape index (κ2) is 8.07. The van der Waals surface area contributed by atoms with E-state index in [-0.39, 0.29) is 5.91 Å². The summed E-state index contributed by atoms with van der Waals surface area (Å²) in [5.74, 6) is 2.37. The van der Waals surface area contributed by atoms with E-state index in [0.717, 1.165) is 37.2 Å². The number of para-hydroxylation sites is 1. The van der Waals surface area contributed by atoms with Crippen molar-refractivity contribution in [2.24, 2.45) is 5.92 Å². The maximum absolute atomic E-state index is 12.9. The number of aromatic nitrogens is 2. The number of rotatable bonds is 4. The fourth-order valence-electron chi connectivity index (χ4n) is 3.59. The lowest BCUT2D eigenvalue weighted by Gasteiger charge is -2.30. The van der Waals surface area contributed by atoms with Gasteiger partial charge in [0.15, 0.2) is 0 Å². The van der Waals surface area contributed by atoms with Gasteiger partial charge in [0.1, 0.15) is 17.3 Å². The number of benzene rings is 1. The zero-order chi connectivity index (χ0) is 19.6. The Morgan fingerprint density at radius 2 is 1.89 bits per heavy atom. The van der Waals surface area contributed by atoms with Crippen molar-refractivity contribution in [3.05, 3.63) is 46.9 Å². The van der Waals surface area contributed by atoms with E-state index in [1.807, 2.05) is 11.8 Å². The SMILES string of the molecule is Cc1nc(Nc2c(C)cccc2C(C)C)cc(C(=O)N2CCC(C)CC2)n1. The maximum atomic E-state index is 12.9. The van der Waals surface area contributed by atoms with E-state index < -0.39 is 0 Å². The Labute approximate surface area is 162 Å². The second-order valence-corrected chi connectivity index (χ2v) is 7.98. The van der Waals surface area contributed by atoms with Gasteiger partial charge < -0.3 is 10.2 Å². The van der Waals surface area contributed by atoms with Gasteiger partial charge in [0.25, 0.3) is 5.91 Å². The van der Waals surface area contributed by atoms with Gasteiger partial charge in [0, 0.05) is 24.8 Å². The molecule has 1 aliphatic rings. The lowest BCUT2D eigenvalue weighted by molar-refractivity contribution is 0.0691. The van der Waals surface area contributed by atoms with Crippen molar-refractivity contribution >= 4 is 17.4 Å². The van der Waals surface area contributed by atoms with Crippen LogP contribution in [-0.4, -0.2) is 33.9 Å². The molecule has 5 nitrogen and oxygen atoms in total. The third-order valence-electron chi connectivity index (χ3n) is 5.31. The standard InChI is InChI=1S/C22H30N4O/c1-14(2)18-8-6-7-16(4)21(18)25-20-13-19(23-17(5)24-20)22(27)26-11-9-15(3)10-12-26/h6-8,13-15H,9-12H2,1-5H3,(H,23,24,25). The summed E-state index contributed by atoms with van der Waals surface area (Å²) in [4.78, 5) is 23.8. The summed E-state index contributed by atoms with van der Waals surface area (Å²) in [5.41, 5.74) is 3.94. The third-order valence-corrected chi connectivity index (χ3v) is 5.31. The molecular formula is C22H30N4O. The highest BCUT2D eigenvalue weighted by Gasteiger charge is 2.23. The Bertz CT molecular complexity index is 823. The predicted octanol–water partition coefficient (Wildman–Crippen LogP) is 4.83. The fourth-order valence-corrected chi connectivity index (χ4v) is 3.59. The summed E-state index contributed by atoms with van der Waals surface area (Å²) < 4.78 is 0. The maximum Gasteiger partial charge on any atom is 0.272 e. The highest BCUT2D eigenvalue weighted by Crippen LogP contribution is 2.30. The minimum atomic E-state index is 0.00400. The molecule has 1 aliphatic heterocycles. The van der Waals surface area contributed by atoms with Crippen molar-refractivity contribution < 1.29 is 4.79 Å². The van der Waals surface area contributed by atoms with Gasteiger partial charge in [-0.1, -0.05) is 39.0 Å². The average Bonchev–Trinajstić information content (AvgIpc) is 2.63. The first kappa shape index (κ1) is 19.3. The van der Waals surface area contributed by atoms with Crippen LogP contribution in [0.15, 0.2) is 24.3 Å². The number of anilines is 2. The number of likely N-dealkylation sites (tertiary alicyclic amines) is 1. The van der Waals surface area contributed by atoms with E-state index in [1.165, 1.54) is 5.56 Å². The smallest absolute Gasteiger partial charge is 0.272 e. The molecule has 0 bridgehead atoms. The van der Waals surface area contributed by atoms with Gasteiger partial charge in [-0.25, -0.2) is 9.97 Å². The summed E-state index contributed by atoms with van der Waals surface area (Å²) in [5, 5.41) is 3.45. The lowest BCUT2D eigenvalue weighted by Crippen LogP contribution is -2.38. The molecule has 0 aliphatic carbocycles. The minimum Gasteiger partial charge on any atom is -0.340 e. The summed E-state index contributed by atoms with van der Waals surface area (Å²) in [7, 11) is 0. The Balaban J connectivity index is 1.87. The van der Waals surface area contributed by atoms with Crippen molar-refractivity contribution in [1.29, 1.82) is 0 Å². The number of hydrogen-bond acceptors (Lipinski definition) is 4. The van der Waals surface area contributed by atoms with E-state index in [9.17, 15) is 4.79 Å². The molecule has 1 saturated heterocycles. The Hall–Kier alpha value is -2.43. The lowest BCUT2D eigenvalue weighted by atomic mass is 9.98. The van der Waals surface area contributed by atoms with Crippen LogP contribution in [0, 0.1) is 19.8 Å². The van der Waals surface area contributed by atoms with Crippen LogP contribution in [0.3, 0.4) is 0 Å². The van der Waals surface area contributed by atoms with Crippen LogP contribution in [0.1, 0.15) is 67.0 Å². The molecule has 3 rings (SSSR count). The van der Waals surface area contributed by atoms with Crippen molar-refractivity contribution in [1.82, 2.24) is 14.9 Å². The highest BCUT2D eigenvalue weighted by molar-refractivity contribution is 5.93. The molecule has 2 heterocycles. The van der Waals surface area contributed by atoms with Gasteiger partial charge in [-0.05, 0) is 49.7 Å². The Kier molecular flexibility index (Phi) is 5.78. The quantitative estimate of drug-likeness (QED) is 0.842. The van der Waals surface area contributed by atoms with E-state index in [4.69, 9.17) is 0 Å². The molecule has 0 radical (unpaired) electrons. The molecule has 0 spiro atoms. The molecule has 0 unspecified atom stereocenters. The summed E-state index contributed by atoms with van der Waals surface area (Å²) in [6, 6.07) is 8.08. The van der Waals surface area contributed by atoms with Gasteiger partial charge in [-0.3, -0.25) is 4.79 Å². The molecule has 144 valence electrons. The van der Waals surface area contributed by atoms with Crippen molar-refractivity contribution in [3.63, 3.8) is 0 Å². The first-order chi connectivity index (χ1) is 12.8. The molecule has 5 heteroatoms. The zero-order valence-electron chi connectivity index (χ0n) is 17.0. The number of nitrogens with zero attached hydrogens (tertiary/aromatic N) is 3. The molecule has 0 saturated carbocycles. The van der Waals surface area contributed by atoms with E-state index in [0.29, 0.717) is 29.2 Å². The molecule has 27 heavy (non-hydrogen) atoms. The zero-order valence-corrected chi connectivity index (χ0v) is 17.0. The Morgan fingerprint density at radius 3 is 2.56 bits per heavy atom. The van der Waals surface area contributed by atoms with Crippen LogP contribution in [0.25, 0.3) is 0 Å². The van der Waals surface area contributed by atoms with Gasteiger partial charge in [0.05, 0.1) is 0 Å². The number of carbonyl (C=O) groups is 1. The monoisotopic (exact) mass is 366 g/mol. The first-order valence-corrected chi connectivity index (χ1v) is 9.86. The summed E-state index contributed by atoms with van der Waals surface area (Å²) in [6.07, 6.45) is 2.11. The van der Waals surface area contributed by atoms with E-state index >= 15 is 0 Å². The van der Waals surface area contributed by atoms with Crippen LogP contribution in [0.4, 0.5) is 11.5 Å². The van der Waals surface area contributed by atoms with Gasteiger partial charge in [0.2, 0.25) is 0 Å². The van der Waals surface area contributed by atoms with Crippen LogP contribution >= 0.6 is 0 Å². The summed E-state index contributed by atoms with van der Waals surface area (Å²) >= 11 is 0. The Morgan fingerprint density at radius 1 is 1.19 bits per heavy atom. The molecule has 0 atom stereocenters. The average molecular weight is 367 g/mol. The van der Waals surface area contributed by atoms with Crippen LogP contribution in [-0.2, 0) is 0 Å². The first-order valence-electron chi connectivity index (χ1n) is 9.86. The van der Waals surface area contributed by atoms with E-state index in [1.54, 1.807) is 6.07 Å². The van der Waals surface area contributed by atoms with Gasteiger partial charge in [-0.2, -0.15) is 0 Å². The molecule has 1 fully saturated rings. The molecule has 2 aromatic rings. The van der Waals surface area contributed by atoms with Crippen LogP contribution in [0.2, 0.25) is 0 Å². The second-order valence-electron chi connectivity index (χ2n) is 7.98. The number of amides is 1. The molecular weight excluding hydrogens is 336 g/mol. The number of carbonyl (C=O) groups excluding carboxylic acids is 1. The van der Waals surface area contributed by atoms with Crippen molar-refractivity contribution in [3.8, 4) is 0 Å². The van der Waals surface area contributed by atoms with E-state index in [2.05, 4.69) is 61.2 Å². The topological polar surface area (TPSA) is 58.1 Å². The third kappa shape index (κ3) is 4.46. The molecule has 1 aromatic carbocycles. The van der Waals surface area contributed by atoms with Crippen LogP contribution in [0.5, 0.6) is 0 Å². The number of piperidine rings is 1. The van der Waals surface area contributed by atoms with Gasteiger partial charge >= 0.3 is 0 Å². The molecule has 1 aromatic heterocycles. The predicted molar refractivity (Wildman–Crippen MR) is 110 cm³/mol. The highest BCUT2D eigenvalue weighted by atomic mass is 16.2. The molecule has 1 amide bonds. The summed E-state index contributed by atoms with van der Waals surface area (Å²) in [6.45, 7) is 12.1. The molecule has 1 N–H and O–H groups in total. The van der Waals surface area contributed by atoms with Crippen molar-refractivity contribution in [2.75, 3.05) is 18.4 Å². The number of hydrogen-bond donors (Lipinski definition) is 1. The fraction of sp³-hybridized carbons (Fsp3) is 0.500.